The van der Waals surface area contributed by atoms with Crippen molar-refractivity contribution in [3.8, 4) is 11.3 Å². The number of carbonyl (C=O) groups excluding carboxylic acids is 1. The number of carbonyl (C=O) groups is 1. The Kier molecular flexibility index (Phi) is 5.56. The molecule has 4 rings (SSSR count). The van der Waals surface area contributed by atoms with Gasteiger partial charge in [0.1, 0.15) is 5.76 Å². The van der Waals surface area contributed by atoms with Gasteiger partial charge in [0.25, 0.3) is 0 Å². The van der Waals surface area contributed by atoms with Gasteiger partial charge >= 0.3 is 5.97 Å². The molecule has 5 heteroatoms. The van der Waals surface area contributed by atoms with E-state index in [9.17, 15) is 4.79 Å². The molecular weight excluding hydrogens is 364 g/mol. The zero-order valence-electron chi connectivity index (χ0n) is 16.9. The van der Waals surface area contributed by atoms with E-state index < -0.39 is 0 Å². The highest BCUT2D eigenvalue weighted by molar-refractivity contribution is 6.02. The number of anilines is 3. The van der Waals surface area contributed by atoms with Gasteiger partial charge in [-0.1, -0.05) is 18.2 Å². The Morgan fingerprint density at radius 1 is 1.14 bits per heavy atom. The fourth-order valence-electron chi connectivity index (χ4n) is 3.92. The molecule has 5 nitrogen and oxygen atoms in total. The Morgan fingerprint density at radius 3 is 2.55 bits per heavy atom. The van der Waals surface area contributed by atoms with E-state index in [4.69, 9.17) is 9.15 Å². The third-order valence-corrected chi connectivity index (χ3v) is 5.31. The first kappa shape index (κ1) is 19.1. The molecule has 1 aromatic heterocycles. The first-order valence-electron chi connectivity index (χ1n) is 10.1. The molecule has 0 bridgehead atoms. The van der Waals surface area contributed by atoms with Crippen molar-refractivity contribution in [1.29, 1.82) is 0 Å². The summed E-state index contributed by atoms with van der Waals surface area (Å²) >= 11 is 0. The van der Waals surface area contributed by atoms with Crippen molar-refractivity contribution >= 4 is 23.0 Å². The summed E-state index contributed by atoms with van der Waals surface area (Å²) in [5.74, 6) is 0.336. The summed E-state index contributed by atoms with van der Waals surface area (Å²) in [6.45, 7) is 6.12. The predicted octanol–water partition coefficient (Wildman–Crippen LogP) is 5.78. The lowest BCUT2D eigenvalue weighted by Crippen LogP contribution is -2.21. The monoisotopic (exact) mass is 390 g/mol. The molecule has 0 saturated carbocycles. The fraction of sp³-hybridized carbons (Fsp3) is 0.292. The molecular formula is C24H26N2O3. The van der Waals surface area contributed by atoms with Crippen molar-refractivity contribution in [2.75, 3.05) is 29.9 Å². The van der Waals surface area contributed by atoms with E-state index in [1.807, 2.05) is 56.3 Å². The minimum Gasteiger partial charge on any atom is -0.464 e. The molecule has 1 N–H and O–H groups in total. The highest BCUT2D eigenvalue weighted by Crippen LogP contribution is 2.41. The summed E-state index contributed by atoms with van der Waals surface area (Å²) in [7, 11) is 0. The van der Waals surface area contributed by atoms with Crippen LogP contribution in [0.15, 0.2) is 59.2 Å². The fourth-order valence-corrected chi connectivity index (χ4v) is 3.92. The minimum absolute atomic E-state index is 0.325. The lowest BCUT2D eigenvalue weighted by atomic mass is 9.96. The molecule has 2 heterocycles. The Hall–Kier alpha value is -3.21. The van der Waals surface area contributed by atoms with Gasteiger partial charge in [0.2, 0.25) is 0 Å². The van der Waals surface area contributed by atoms with Crippen LogP contribution in [0.3, 0.4) is 0 Å². The Bertz CT molecular complexity index is 975. The third kappa shape index (κ3) is 3.86. The largest absolute Gasteiger partial charge is 0.464 e. The Morgan fingerprint density at radius 2 is 1.90 bits per heavy atom. The van der Waals surface area contributed by atoms with Crippen LogP contribution in [0, 0.1) is 6.92 Å². The number of furan rings is 1. The van der Waals surface area contributed by atoms with Crippen LogP contribution < -0.4 is 10.2 Å². The van der Waals surface area contributed by atoms with Crippen LogP contribution in [0.4, 0.5) is 17.1 Å². The molecule has 0 aliphatic carbocycles. The van der Waals surface area contributed by atoms with E-state index >= 15 is 0 Å². The first-order valence-corrected chi connectivity index (χ1v) is 10.1. The van der Waals surface area contributed by atoms with E-state index in [1.165, 1.54) is 12.8 Å². The molecule has 1 saturated heterocycles. The van der Waals surface area contributed by atoms with E-state index in [1.54, 1.807) is 6.26 Å². The van der Waals surface area contributed by atoms with Crippen LogP contribution in [0.25, 0.3) is 11.3 Å². The zero-order valence-corrected chi connectivity index (χ0v) is 16.9. The number of ether oxygens (including phenoxy) is 1. The van der Waals surface area contributed by atoms with E-state index in [0.29, 0.717) is 17.9 Å². The SMILES string of the molecule is CCOC(=O)c1c(-c2ccco2)cc(N2CCCC2)c(Nc2ccccc2)c1C. The van der Waals surface area contributed by atoms with Crippen molar-refractivity contribution in [3.05, 3.63) is 65.9 Å². The number of esters is 1. The van der Waals surface area contributed by atoms with Gasteiger partial charge in [-0.05, 0) is 62.6 Å². The number of para-hydroxylation sites is 1. The van der Waals surface area contributed by atoms with Crippen LogP contribution in [-0.2, 0) is 4.74 Å². The van der Waals surface area contributed by atoms with Crippen LogP contribution >= 0.6 is 0 Å². The van der Waals surface area contributed by atoms with E-state index in [0.717, 1.165) is 41.3 Å². The number of nitrogens with one attached hydrogen (secondary N) is 1. The first-order chi connectivity index (χ1) is 14.2. The summed E-state index contributed by atoms with van der Waals surface area (Å²) in [5.41, 5.74) is 5.19. The maximum Gasteiger partial charge on any atom is 0.339 e. The van der Waals surface area contributed by atoms with Gasteiger partial charge in [0, 0.05) is 24.3 Å². The molecule has 3 aromatic rings. The standard InChI is InChI=1S/C24H26N2O3/c1-3-28-24(27)22-17(2)23(25-18-10-5-4-6-11-18)20(26-13-7-8-14-26)16-19(22)21-12-9-15-29-21/h4-6,9-12,15-16,25H,3,7-8,13-14H2,1-2H3. The highest BCUT2D eigenvalue weighted by atomic mass is 16.5. The summed E-state index contributed by atoms with van der Waals surface area (Å²) < 4.78 is 11.1. The van der Waals surface area contributed by atoms with Gasteiger partial charge < -0.3 is 19.4 Å². The van der Waals surface area contributed by atoms with Crippen molar-refractivity contribution in [1.82, 2.24) is 0 Å². The van der Waals surface area contributed by atoms with Gasteiger partial charge in [-0.25, -0.2) is 4.79 Å². The van der Waals surface area contributed by atoms with Crippen molar-refractivity contribution in [2.24, 2.45) is 0 Å². The quantitative estimate of drug-likeness (QED) is 0.541. The molecule has 0 radical (unpaired) electrons. The average molecular weight is 390 g/mol. The second-order valence-corrected chi connectivity index (χ2v) is 7.20. The molecule has 0 unspecified atom stereocenters. The number of rotatable bonds is 6. The van der Waals surface area contributed by atoms with Gasteiger partial charge in [0.15, 0.2) is 0 Å². The Balaban J connectivity index is 1.92. The molecule has 1 aliphatic heterocycles. The molecule has 0 amide bonds. The lowest BCUT2D eigenvalue weighted by molar-refractivity contribution is 0.0526. The van der Waals surface area contributed by atoms with E-state index in [2.05, 4.69) is 16.3 Å². The van der Waals surface area contributed by atoms with Gasteiger partial charge in [-0.3, -0.25) is 0 Å². The van der Waals surface area contributed by atoms with Crippen LogP contribution in [0.1, 0.15) is 35.7 Å². The predicted molar refractivity (Wildman–Crippen MR) is 116 cm³/mol. The summed E-state index contributed by atoms with van der Waals surface area (Å²) in [4.78, 5) is 15.3. The highest BCUT2D eigenvalue weighted by Gasteiger charge is 2.27. The van der Waals surface area contributed by atoms with Gasteiger partial charge in [-0.15, -0.1) is 0 Å². The van der Waals surface area contributed by atoms with Crippen LogP contribution in [0.2, 0.25) is 0 Å². The normalized spacial score (nSPS) is 13.5. The average Bonchev–Trinajstić information content (AvgIpc) is 3.44. The maximum atomic E-state index is 12.9. The molecule has 1 fully saturated rings. The second-order valence-electron chi connectivity index (χ2n) is 7.20. The maximum absolute atomic E-state index is 12.9. The molecule has 150 valence electrons. The Labute approximate surface area is 171 Å². The van der Waals surface area contributed by atoms with Crippen molar-refractivity contribution in [2.45, 2.75) is 26.7 Å². The number of hydrogen-bond acceptors (Lipinski definition) is 5. The lowest BCUT2D eigenvalue weighted by Gasteiger charge is -2.26. The van der Waals surface area contributed by atoms with E-state index in [-0.39, 0.29) is 5.97 Å². The topological polar surface area (TPSA) is 54.7 Å². The minimum atomic E-state index is -0.333. The summed E-state index contributed by atoms with van der Waals surface area (Å²) in [6.07, 6.45) is 3.96. The zero-order chi connectivity index (χ0) is 20.2. The number of benzene rings is 2. The van der Waals surface area contributed by atoms with Crippen molar-refractivity contribution in [3.63, 3.8) is 0 Å². The summed E-state index contributed by atoms with van der Waals surface area (Å²) in [6, 6.07) is 15.8. The summed E-state index contributed by atoms with van der Waals surface area (Å²) in [5, 5.41) is 3.55. The number of hydrogen-bond donors (Lipinski definition) is 1. The van der Waals surface area contributed by atoms with Gasteiger partial charge in [-0.2, -0.15) is 0 Å². The van der Waals surface area contributed by atoms with Crippen LogP contribution in [0.5, 0.6) is 0 Å². The molecule has 2 aromatic carbocycles. The van der Waals surface area contributed by atoms with Crippen LogP contribution in [-0.4, -0.2) is 25.7 Å². The molecule has 1 aliphatic rings. The van der Waals surface area contributed by atoms with Gasteiger partial charge in [0.05, 0.1) is 29.8 Å². The number of nitrogens with zero attached hydrogens (tertiary/aromatic N) is 1. The second kappa shape index (κ2) is 8.43. The third-order valence-electron chi connectivity index (χ3n) is 5.31. The smallest absolute Gasteiger partial charge is 0.339 e. The molecule has 29 heavy (non-hydrogen) atoms. The molecule has 0 atom stereocenters. The molecule has 0 spiro atoms. The van der Waals surface area contributed by atoms with Crippen molar-refractivity contribution < 1.29 is 13.9 Å².